The predicted molar refractivity (Wildman–Crippen MR) is 120 cm³/mol. The highest BCUT2D eigenvalue weighted by Crippen LogP contribution is 2.23. The van der Waals surface area contributed by atoms with Gasteiger partial charge in [0.2, 0.25) is 0 Å². The summed E-state index contributed by atoms with van der Waals surface area (Å²) in [6, 6.07) is 17.3. The fourth-order valence-corrected chi connectivity index (χ4v) is 3.84. The van der Waals surface area contributed by atoms with Gasteiger partial charge in [-0.2, -0.15) is 0 Å². The van der Waals surface area contributed by atoms with Gasteiger partial charge in [-0.3, -0.25) is 4.79 Å². The molecule has 1 saturated heterocycles. The van der Waals surface area contributed by atoms with Gasteiger partial charge >= 0.3 is 0 Å². The molecule has 0 bridgehead atoms. The van der Waals surface area contributed by atoms with E-state index in [9.17, 15) is 4.79 Å². The number of amides is 1. The quantitative estimate of drug-likeness (QED) is 0.607. The number of para-hydroxylation sites is 1. The van der Waals surface area contributed by atoms with Crippen molar-refractivity contribution in [1.82, 2.24) is 9.97 Å². The van der Waals surface area contributed by atoms with Crippen LogP contribution in [0.4, 0.5) is 17.3 Å². The van der Waals surface area contributed by atoms with Crippen LogP contribution in [0.1, 0.15) is 10.4 Å². The molecular formula is C21H19BrClN5O. The van der Waals surface area contributed by atoms with E-state index in [0.29, 0.717) is 16.4 Å². The third-order valence-corrected chi connectivity index (χ3v) is 5.62. The second kappa shape index (κ2) is 8.80. The van der Waals surface area contributed by atoms with Gasteiger partial charge in [-0.15, -0.1) is 0 Å². The number of piperazine rings is 1. The van der Waals surface area contributed by atoms with Gasteiger partial charge in [-0.25, -0.2) is 9.97 Å². The van der Waals surface area contributed by atoms with Gasteiger partial charge in [-0.1, -0.05) is 45.7 Å². The van der Waals surface area contributed by atoms with E-state index in [1.165, 1.54) is 12.0 Å². The van der Waals surface area contributed by atoms with E-state index in [-0.39, 0.29) is 5.91 Å². The summed E-state index contributed by atoms with van der Waals surface area (Å²) in [7, 11) is 0. The Morgan fingerprint density at radius 3 is 2.45 bits per heavy atom. The van der Waals surface area contributed by atoms with Gasteiger partial charge < -0.3 is 15.1 Å². The molecule has 1 aliphatic rings. The molecule has 1 aromatic heterocycles. The summed E-state index contributed by atoms with van der Waals surface area (Å²) in [6.45, 7) is 3.50. The van der Waals surface area contributed by atoms with Gasteiger partial charge in [0.1, 0.15) is 18.0 Å². The lowest BCUT2D eigenvalue weighted by Crippen LogP contribution is -2.46. The molecule has 0 unspecified atom stereocenters. The molecule has 3 aromatic rings. The van der Waals surface area contributed by atoms with Gasteiger partial charge in [0, 0.05) is 42.4 Å². The Labute approximate surface area is 182 Å². The highest BCUT2D eigenvalue weighted by Gasteiger charge is 2.19. The zero-order valence-electron chi connectivity index (χ0n) is 15.6. The molecule has 6 nitrogen and oxygen atoms in total. The molecule has 29 heavy (non-hydrogen) atoms. The average Bonchev–Trinajstić information content (AvgIpc) is 2.76. The van der Waals surface area contributed by atoms with Crippen LogP contribution in [0.2, 0.25) is 5.02 Å². The Balaban J connectivity index is 1.43. The van der Waals surface area contributed by atoms with Crippen LogP contribution < -0.4 is 15.1 Å². The van der Waals surface area contributed by atoms with Crippen molar-refractivity contribution in [2.75, 3.05) is 41.3 Å². The number of benzene rings is 2. The van der Waals surface area contributed by atoms with E-state index < -0.39 is 0 Å². The number of carbonyl (C=O) groups excluding carboxylic acids is 1. The molecule has 1 amide bonds. The van der Waals surface area contributed by atoms with Crippen molar-refractivity contribution in [2.24, 2.45) is 0 Å². The summed E-state index contributed by atoms with van der Waals surface area (Å²) in [6.07, 6.45) is 1.47. The minimum atomic E-state index is -0.310. The number of halogens is 2. The maximum atomic E-state index is 12.6. The molecular weight excluding hydrogens is 454 g/mol. The first-order chi connectivity index (χ1) is 14.1. The maximum Gasteiger partial charge on any atom is 0.258 e. The molecule has 0 atom stereocenters. The molecule has 0 saturated carbocycles. The molecule has 8 heteroatoms. The monoisotopic (exact) mass is 471 g/mol. The lowest BCUT2D eigenvalue weighted by molar-refractivity contribution is 0.102. The van der Waals surface area contributed by atoms with E-state index in [2.05, 4.69) is 65.3 Å². The molecule has 0 radical (unpaired) electrons. The van der Waals surface area contributed by atoms with Crippen LogP contribution in [0.5, 0.6) is 0 Å². The lowest BCUT2D eigenvalue weighted by atomic mass is 10.2. The highest BCUT2D eigenvalue weighted by atomic mass is 79.9. The zero-order valence-corrected chi connectivity index (χ0v) is 17.9. The zero-order chi connectivity index (χ0) is 20.2. The van der Waals surface area contributed by atoms with E-state index in [1.807, 2.05) is 6.07 Å². The Bertz CT molecular complexity index is 1010. The molecule has 4 rings (SSSR count). The summed E-state index contributed by atoms with van der Waals surface area (Å²) >= 11 is 9.51. The van der Waals surface area contributed by atoms with Crippen LogP contribution in [0.3, 0.4) is 0 Å². The standard InChI is InChI=1S/C21H19BrClN5O/c22-15-6-7-18(23)17(12-15)21(29)26-19-13-20(25-14-24-19)28-10-8-27(9-11-28)16-4-2-1-3-5-16/h1-7,12-14H,8-11H2,(H,24,25,26,29). The van der Waals surface area contributed by atoms with Gasteiger partial charge in [0.05, 0.1) is 10.6 Å². The number of nitrogens with zero attached hydrogens (tertiary/aromatic N) is 4. The van der Waals surface area contributed by atoms with Crippen LogP contribution >= 0.6 is 27.5 Å². The summed E-state index contributed by atoms with van der Waals surface area (Å²) in [5.74, 6) is 0.930. The largest absolute Gasteiger partial charge is 0.368 e. The first-order valence-electron chi connectivity index (χ1n) is 9.23. The van der Waals surface area contributed by atoms with Gasteiger partial charge in [-0.05, 0) is 30.3 Å². The van der Waals surface area contributed by atoms with Crippen LogP contribution in [-0.2, 0) is 0 Å². The molecule has 2 aromatic carbocycles. The van der Waals surface area contributed by atoms with Crippen molar-refractivity contribution in [1.29, 1.82) is 0 Å². The second-order valence-electron chi connectivity index (χ2n) is 6.65. The van der Waals surface area contributed by atoms with E-state index in [4.69, 9.17) is 11.6 Å². The van der Waals surface area contributed by atoms with Crippen molar-refractivity contribution < 1.29 is 4.79 Å². The van der Waals surface area contributed by atoms with Crippen LogP contribution in [0.25, 0.3) is 0 Å². The minimum Gasteiger partial charge on any atom is -0.368 e. The Hall–Kier alpha value is -2.64. The Kier molecular flexibility index (Phi) is 5.97. The summed E-state index contributed by atoms with van der Waals surface area (Å²) in [5.41, 5.74) is 1.62. The summed E-state index contributed by atoms with van der Waals surface area (Å²) < 4.78 is 0.784. The number of anilines is 3. The minimum absolute atomic E-state index is 0.310. The SMILES string of the molecule is O=C(Nc1cc(N2CCN(c3ccccc3)CC2)ncn1)c1cc(Br)ccc1Cl. The molecule has 148 valence electrons. The van der Waals surface area contributed by atoms with E-state index >= 15 is 0 Å². The van der Waals surface area contributed by atoms with Crippen LogP contribution in [-0.4, -0.2) is 42.1 Å². The molecule has 0 aliphatic carbocycles. The van der Waals surface area contributed by atoms with E-state index in [0.717, 1.165) is 36.5 Å². The van der Waals surface area contributed by atoms with Crippen LogP contribution in [0.15, 0.2) is 65.4 Å². The Morgan fingerprint density at radius 1 is 0.966 bits per heavy atom. The highest BCUT2D eigenvalue weighted by molar-refractivity contribution is 9.10. The molecule has 2 heterocycles. The second-order valence-corrected chi connectivity index (χ2v) is 7.97. The smallest absolute Gasteiger partial charge is 0.258 e. The van der Waals surface area contributed by atoms with E-state index in [1.54, 1.807) is 24.3 Å². The summed E-state index contributed by atoms with van der Waals surface area (Å²) in [5, 5.41) is 3.19. The maximum absolute atomic E-state index is 12.6. The van der Waals surface area contributed by atoms with Gasteiger partial charge in [0.15, 0.2) is 0 Å². The van der Waals surface area contributed by atoms with Gasteiger partial charge in [0.25, 0.3) is 5.91 Å². The van der Waals surface area contributed by atoms with Crippen LogP contribution in [0, 0.1) is 0 Å². The fraction of sp³-hybridized carbons (Fsp3) is 0.190. The molecule has 1 aliphatic heterocycles. The predicted octanol–water partition coefficient (Wildman–Crippen LogP) is 4.47. The number of nitrogens with one attached hydrogen (secondary N) is 1. The molecule has 1 fully saturated rings. The number of aromatic nitrogens is 2. The first-order valence-corrected chi connectivity index (χ1v) is 10.4. The van der Waals surface area contributed by atoms with Crippen molar-refractivity contribution in [3.8, 4) is 0 Å². The number of rotatable bonds is 4. The first kappa shape index (κ1) is 19.7. The molecule has 1 N–H and O–H groups in total. The Morgan fingerprint density at radius 2 is 1.69 bits per heavy atom. The van der Waals surface area contributed by atoms with Crippen molar-refractivity contribution in [2.45, 2.75) is 0 Å². The number of hydrogen-bond acceptors (Lipinski definition) is 5. The number of carbonyl (C=O) groups is 1. The molecule has 0 spiro atoms. The third-order valence-electron chi connectivity index (χ3n) is 4.79. The lowest BCUT2D eigenvalue weighted by Gasteiger charge is -2.36. The fourth-order valence-electron chi connectivity index (χ4n) is 3.28. The van der Waals surface area contributed by atoms with Crippen molar-refractivity contribution in [3.63, 3.8) is 0 Å². The average molecular weight is 473 g/mol. The number of hydrogen-bond donors (Lipinski definition) is 1. The third kappa shape index (κ3) is 4.68. The van der Waals surface area contributed by atoms with Crippen molar-refractivity contribution >= 4 is 50.8 Å². The summed E-state index contributed by atoms with van der Waals surface area (Å²) in [4.78, 5) is 25.7. The van der Waals surface area contributed by atoms with Crippen molar-refractivity contribution in [3.05, 3.63) is 76.0 Å². The normalized spacial score (nSPS) is 14.0. The topological polar surface area (TPSA) is 61.4 Å².